The third-order valence-electron chi connectivity index (χ3n) is 5.37. The monoisotopic (exact) mass is 347 g/mol. The standard InChI is InChI=1S/C19H22ClNO3/c20-16-4-2-1-3-15(16)19-6-5-14(24-19)11-21-9-12-7-17(22)18(23)8-13(12)10-21/h1-6,12-13,17-18,22-23H,7-11H2/t12-,13+,17+,18-. The largest absolute Gasteiger partial charge is 0.460 e. The average Bonchev–Trinajstić information content (AvgIpc) is 3.15. The molecule has 0 unspecified atom stereocenters. The average molecular weight is 348 g/mol. The summed E-state index contributed by atoms with van der Waals surface area (Å²) in [5, 5.41) is 20.4. The van der Waals surface area contributed by atoms with Crippen LogP contribution in [0.1, 0.15) is 18.6 Å². The molecule has 1 aromatic carbocycles. The highest BCUT2D eigenvalue weighted by atomic mass is 35.5. The van der Waals surface area contributed by atoms with Gasteiger partial charge in [0.1, 0.15) is 11.5 Å². The zero-order chi connectivity index (χ0) is 16.7. The minimum absolute atomic E-state index is 0.474. The molecule has 2 fully saturated rings. The van der Waals surface area contributed by atoms with Gasteiger partial charge in [0.15, 0.2) is 0 Å². The van der Waals surface area contributed by atoms with E-state index >= 15 is 0 Å². The fourth-order valence-corrected chi connectivity index (χ4v) is 4.35. The molecule has 1 saturated heterocycles. The summed E-state index contributed by atoms with van der Waals surface area (Å²) in [4.78, 5) is 2.36. The van der Waals surface area contributed by atoms with Gasteiger partial charge in [-0.15, -0.1) is 0 Å². The Morgan fingerprint density at radius 2 is 1.67 bits per heavy atom. The second-order valence-electron chi connectivity index (χ2n) is 7.07. The van der Waals surface area contributed by atoms with E-state index < -0.39 is 12.2 Å². The molecular formula is C19H22ClNO3. The van der Waals surface area contributed by atoms with Gasteiger partial charge in [-0.1, -0.05) is 23.7 Å². The van der Waals surface area contributed by atoms with Gasteiger partial charge >= 0.3 is 0 Å². The summed E-state index contributed by atoms with van der Waals surface area (Å²) in [6, 6.07) is 11.6. The van der Waals surface area contributed by atoms with Gasteiger partial charge in [-0.05, 0) is 48.9 Å². The number of fused-ring (bicyclic) bond motifs is 1. The number of hydrogen-bond donors (Lipinski definition) is 2. The molecule has 0 spiro atoms. The first kappa shape index (κ1) is 16.2. The van der Waals surface area contributed by atoms with Crippen LogP contribution in [0.3, 0.4) is 0 Å². The first-order valence-electron chi connectivity index (χ1n) is 8.52. The molecule has 2 aromatic rings. The molecule has 4 rings (SSSR count). The Balaban J connectivity index is 1.43. The lowest BCUT2D eigenvalue weighted by atomic mass is 9.79. The van der Waals surface area contributed by atoms with Gasteiger partial charge in [0.05, 0.1) is 23.8 Å². The highest BCUT2D eigenvalue weighted by Gasteiger charge is 2.41. The van der Waals surface area contributed by atoms with E-state index in [0.29, 0.717) is 29.7 Å². The molecule has 1 aromatic heterocycles. The predicted octanol–water partition coefficient (Wildman–Crippen LogP) is 3.16. The summed E-state index contributed by atoms with van der Waals surface area (Å²) >= 11 is 6.23. The van der Waals surface area contributed by atoms with Gasteiger partial charge in [-0.3, -0.25) is 4.90 Å². The van der Waals surface area contributed by atoms with Crippen LogP contribution in [0.4, 0.5) is 0 Å². The lowest BCUT2D eigenvalue weighted by Gasteiger charge is -2.32. The van der Waals surface area contributed by atoms with Crippen molar-refractivity contribution in [3.63, 3.8) is 0 Å². The van der Waals surface area contributed by atoms with E-state index in [2.05, 4.69) is 4.90 Å². The van der Waals surface area contributed by atoms with Gasteiger partial charge in [0.2, 0.25) is 0 Å². The van der Waals surface area contributed by atoms with Crippen LogP contribution in [-0.2, 0) is 6.54 Å². The van der Waals surface area contributed by atoms with E-state index in [9.17, 15) is 10.2 Å². The number of likely N-dealkylation sites (tertiary alicyclic amines) is 1. The Morgan fingerprint density at radius 1 is 1.00 bits per heavy atom. The van der Waals surface area contributed by atoms with Crippen molar-refractivity contribution in [3.8, 4) is 11.3 Å². The molecule has 2 heterocycles. The Bertz CT molecular complexity index is 698. The summed E-state index contributed by atoms with van der Waals surface area (Å²) in [7, 11) is 0. The van der Waals surface area contributed by atoms with Gasteiger partial charge in [-0.25, -0.2) is 0 Å². The van der Waals surface area contributed by atoms with Crippen LogP contribution in [0, 0.1) is 11.8 Å². The molecule has 0 bridgehead atoms. The van der Waals surface area contributed by atoms with Crippen LogP contribution in [0.2, 0.25) is 5.02 Å². The quantitative estimate of drug-likeness (QED) is 0.895. The van der Waals surface area contributed by atoms with E-state index in [1.165, 1.54) is 0 Å². The van der Waals surface area contributed by atoms with Crippen LogP contribution in [0.5, 0.6) is 0 Å². The number of halogens is 1. The highest BCUT2D eigenvalue weighted by molar-refractivity contribution is 6.33. The summed E-state index contributed by atoms with van der Waals surface area (Å²) < 4.78 is 5.98. The maximum Gasteiger partial charge on any atom is 0.135 e. The molecule has 0 amide bonds. The zero-order valence-electron chi connectivity index (χ0n) is 13.4. The van der Waals surface area contributed by atoms with Crippen molar-refractivity contribution in [2.24, 2.45) is 11.8 Å². The Kier molecular flexibility index (Phi) is 4.39. The van der Waals surface area contributed by atoms with Gasteiger partial charge < -0.3 is 14.6 Å². The molecule has 1 aliphatic carbocycles. The first-order valence-corrected chi connectivity index (χ1v) is 8.90. The predicted molar refractivity (Wildman–Crippen MR) is 92.7 cm³/mol. The highest BCUT2D eigenvalue weighted by Crippen LogP contribution is 2.37. The van der Waals surface area contributed by atoms with Crippen LogP contribution in [0.25, 0.3) is 11.3 Å². The second kappa shape index (κ2) is 6.52. The van der Waals surface area contributed by atoms with Gasteiger partial charge in [0.25, 0.3) is 0 Å². The number of furan rings is 1. The zero-order valence-corrected chi connectivity index (χ0v) is 14.2. The maximum atomic E-state index is 9.86. The third kappa shape index (κ3) is 3.11. The van der Waals surface area contributed by atoms with Crippen molar-refractivity contribution in [1.82, 2.24) is 4.90 Å². The van der Waals surface area contributed by atoms with Crippen molar-refractivity contribution in [3.05, 3.63) is 47.2 Å². The molecule has 128 valence electrons. The lowest BCUT2D eigenvalue weighted by molar-refractivity contribution is -0.0372. The van der Waals surface area contributed by atoms with E-state index in [1.807, 2.05) is 36.4 Å². The summed E-state index contributed by atoms with van der Waals surface area (Å²) in [5.74, 6) is 2.66. The minimum atomic E-state index is -0.568. The third-order valence-corrected chi connectivity index (χ3v) is 5.69. The minimum Gasteiger partial charge on any atom is -0.460 e. The fraction of sp³-hybridized carbons (Fsp3) is 0.474. The number of hydrogen-bond acceptors (Lipinski definition) is 4. The number of rotatable bonds is 3. The Labute approximate surface area is 146 Å². The Morgan fingerprint density at radius 3 is 2.33 bits per heavy atom. The fourth-order valence-electron chi connectivity index (χ4n) is 4.12. The van der Waals surface area contributed by atoms with Crippen molar-refractivity contribution in [1.29, 1.82) is 0 Å². The maximum absolute atomic E-state index is 9.86. The topological polar surface area (TPSA) is 56.8 Å². The molecule has 0 radical (unpaired) electrons. The molecular weight excluding hydrogens is 326 g/mol. The molecule has 2 N–H and O–H groups in total. The number of nitrogens with zero attached hydrogens (tertiary/aromatic N) is 1. The van der Waals surface area contributed by atoms with Crippen LogP contribution < -0.4 is 0 Å². The second-order valence-corrected chi connectivity index (χ2v) is 7.47. The van der Waals surface area contributed by atoms with Gasteiger partial charge in [-0.2, -0.15) is 0 Å². The number of benzene rings is 1. The molecule has 24 heavy (non-hydrogen) atoms. The van der Waals surface area contributed by atoms with Crippen LogP contribution in [0.15, 0.2) is 40.8 Å². The molecule has 1 saturated carbocycles. The van der Waals surface area contributed by atoms with E-state index in [0.717, 1.165) is 36.7 Å². The smallest absolute Gasteiger partial charge is 0.135 e. The molecule has 1 aliphatic heterocycles. The van der Waals surface area contributed by atoms with E-state index in [-0.39, 0.29) is 0 Å². The van der Waals surface area contributed by atoms with Crippen LogP contribution in [-0.4, -0.2) is 40.4 Å². The normalized spacial score (nSPS) is 30.5. The number of aliphatic hydroxyl groups is 2. The van der Waals surface area contributed by atoms with Crippen molar-refractivity contribution in [2.75, 3.05) is 13.1 Å². The molecule has 5 heteroatoms. The summed E-state index contributed by atoms with van der Waals surface area (Å²) in [6.07, 6.45) is 0.264. The van der Waals surface area contributed by atoms with Crippen molar-refractivity contribution >= 4 is 11.6 Å². The molecule has 4 atom stereocenters. The van der Waals surface area contributed by atoms with E-state index in [1.54, 1.807) is 0 Å². The SMILES string of the molecule is O[C@@H]1C[C@H]2CN(Cc3ccc(-c4ccccc4Cl)o3)C[C@H]2C[C@@H]1O. The van der Waals surface area contributed by atoms with Gasteiger partial charge in [0, 0.05) is 18.7 Å². The summed E-state index contributed by atoms with van der Waals surface area (Å²) in [6.45, 7) is 2.66. The lowest BCUT2D eigenvalue weighted by Crippen LogP contribution is -2.38. The molecule has 2 aliphatic rings. The number of aliphatic hydroxyl groups excluding tert-OH is 2. The Hall–Kier alpha value is -1.33. The summed E-state index contributed by atoms with van der Waals surface area (Å²) in [5.41, 5.74) is 0.909. The van der Waals surface area contributed by atoms with Crippen LogP contribution >= 0.6 is 11.6 Å². The first-order chi connectivity index (χ1) is 11.6. The van der Waals surface area contributed by atoms with E-state index in [4.69, 9.17) is 16.0 Å². The van der Waals surface area contributed by atoms with Crippen molar-refractivity contribution in [2.45, 2.75) is 31.6 Å². The molecule has 4 nitrogen and oxygen atoms in total. The van der Waals surface area contributed by atoms with Crippen molar-refractivity contribution < 1.29 is 14.6 Å².